The molecule has 2 nitrogen and oxygen atoms in total. The molecule has 0 aliphatic rings. The van der Waals surface area contributed by atoms with E-state index in [0.29, 0.717) is 11.6 Å². The molecule has 20 heavy (non-hydrogen) atoms. The van der Waals surface area contributed by atoms with E-state index in [2.05, 4.69) is 31.1 Å². The van der Waals surface area contributed by atoms with Gasteiger partial charge in [0, 0.05) is 23.0 Å². The van der Waals surface area contributed by atoms with Crippen molar-refractivity contribution < 1.29 is 4.39 Å². The lowest BCUT2D eigenvalue weighted by Crippen LogP contribution is -2.21. The zero-order valence-corrected chi connectivity index (χ0v) is 13.1. The van der Waals surface area contributed by atoms with Crippen LogP contribution in [0.25, 0.3) is 10.6 Å². The number of hydrogen-bond acceptors (Lipinski definition) is 3. The second-order valence-electron chi connectivity index (χ2n) is 5.15. The molecule has 0 aliphatic carbocycles. The van der Waals surface area contributed by atoms with Gasteiger partial charge in [0.25, 0.3) is 0 Å². The Morgan fingerprint density at radius 1 is 1.30 bits per heavy atom. The Balaban J connectivity index is 2.31. The molecule has 1 aromatic heterocycles. The summed E-state index contributed by atoms with van der Waals surface area (Å²) in [6.07, 6.45) is 2.00. The van der Waals surface area contributed by atoms with Crippen LogP contribution in [0.3, 0.4) is 0 Å². The van der Waals surface area contributed by atoms with Crippen LogP contribution >= 0.6 is 11.3 Å². The summed E-state index contributed by atoms with van der Waals surface area (Å²) in [4.78, 5) is 5.87. The van der Waals surface area contributed by atoms with Gasteiger partial charge < -0.3 is 5.32 Å². The van der Waals surface area contributed by atoms with Gasteiger partial charge in [0.05, 0.1) is 5.69 Å². The summed E-state index contributed by atoms with van der Waals surface area (Å²) in [5.74, 6) is -0.201. The Kier molecular flexibility index (Phi) is 5.26. The normalized spacial score (nSPS) is 11.2. The van der Waals surface area contributed by atoms with Crippen LogP contribution in [-0.4, -0.2) is 11.0 Å². The second kappa shape index (κ2) is 6.95. The molecule has 1 aromatic carbocycles. The molecule has 0 fully saturated rings. The van der Waals surface area contributed by atoms with Crippen LogP contribution in [0.5, 0.6) is 0 Å². The van der Waals surface area contributed by atoms with Gasteiger partial charge in [-0.1, -0.05) is 39.3 Å². The molecular formula is C16H21FN2S. The molecule has 0 unspecified atom stereocenters. The van der Waals surface area contributed by atoms with Crippen LogP contribution in [0, 0.1) is 5.82 Å². The van der Waals surface area contributed by atoms with Crippen molar-refractivity contribution >= 4 is 11.3 Å². The number of aryl methyl sites for hydroxylation is 1. The molecule has 0 amide bonds. The molecule has 0 atom stereocenters. The van der Waals surface area contributed by atoms with Gasteiger partial charge in [0.1, 0.15) is 10.8 Å². The van der Waals surface area contributed by atoms with E-state index in [-0.39, 0.29) is 5.82 Å². The van der Waals surface area contributed by atoms with Crippen molar-refractivity contribution in [1.82, 2.24) is 10.3 Å². The molecule has 0 spiro atoms. The van der Waals surface area contributed by atoms with Crippen LogP contribution in [0.15, 0.2) is 24.3 Å². The van der Waals surface area contributed by atoms with E-state index in [1.807, 2.05) is 6.07 Å². The predicted octanol–water partition coefficient (Wildman–Crippen LogP) is 4.40. The third-order valence-corrected chi connectivity index (χ3v) is 4.17. The predicted molar refractivity (Wildman–Crippen MR) is 83.5 cm³/mol. The van der Waals surface area contributed by atoms with Crippen LogP contribution in [-0.2, 0) is 13.0 Å². The molecule has 2 rings (SSSR count). The maximum absolute atomic E-state index is 13.9. The molecule has 0 bridgehead atoms. The highest BCUT2D eigenvalue weighted by molar-refractivity contribution is 7.15. The monoisotopic (exact) mass is 292 g/mol. The quantitative estimate of drug-likeness (QED) is 0.853. The summed E-state index contributed by atoms with van der Waals surface area (Å²) in [6, 6.07) is 7.28. The highest BCUT2D eigenvalue weighted by Crippen LogP contribution is 2.30. The van der Waals surface area contributed by atoms with Crippen LogP contribution in [0.4, 0.5) is 4.39 Å². The van der Waals surface area contributed by atoms with E-state index in [9.17, 15) is 4.39 Å². The molecule has 1 heterocycles. The standard InChI is InChI=1S/C16H21FN2S/c1-4-7-14-15(10-18-11(2)3)20-16(19-14)12-8-5-6-9-13(12)17/h5-6,8-9,11,18H,4,7,10H2,1-3H3. The summed E-state index contributed by atoms with van der Waals surface area (Å²) in [7, 11) is 0. The highest BCUT2D eigenvalue weighted by Gasteiger charge is 2.14. The van der Waals surface area contributed by atoms with Crippen molar-refractivity contribution in [3.8, 4) is 10.6 Å². The molecule has 0 aliphatic heterocycles. The summed E-state index contributed by atoms with van der Waals surface area (Å²) < 4.78 is 13.9. The van der Waals surface area contributed by atoms with Gasteiger partial charge in [-0.2, -0.15) is 0 Å². The molecule has 0 saturated heterocycles. The Morgan fingerprint density at radius 3 is 2.70 bits per heavy atom. The fourth-order valence-corrected chi connectivity index (χ4v) is 3.09. The van der Waals surface area contributed by atoms with Crippen LogP contribution < -0.4 is 5.32 Å². The third kappa shape index (κ3) is 3.64. The average molecular weight is 292 g/mol. The second-order valence-corrected chi connectivity index (χ2v) is 6.24. The first-order chi connectivity index (χ1) is 9.61. The summed E-state index contributed by atoms with van der Waals surface area (Å²) in [5.41, 5.74) is 1.70. The van der Waals surface area contributed by atoms with E-state index < -0.39 is 0 Å². The number of halogens is 1. The lowest BCUT2D eigenvalue weighted by Gasteiger charge is -2.07. The number of nitrogens with one attached hydrogen (secondary N) is 1. The van der Waals surface area contributed by atoms with Crippen molar-refractivity contribution in [2.45, 2.75) is 46.2 Å². The SMILES string of the molecule is CCCc1nc(-c2ccccc2F)sc1CNC(C)C. The highest BCUT2D eigenvalue weighted by atomic mass is 32.1. The van der Waals surface area contributed by atoms with Gasteiger partial charge in [0.2, 0.25) is 0 Å². The zero-order valence-electron chi connectivity index (χ0n) is 12.2. The Morgan fingerprint density at radius 2 is 2.05 bits per heavy atom. The zero-order chi connectivity index (χ0) is 14.5. The minimum absolute atomic E-state index is 0.201. The van der Waals surface area contributed by atoms with Gasteiger partial charge in [-0.05, 0) is 18.6 Å². The molecule has 0 saturated carbocycles. The van der Waals surface area contributed by atoms with E-state index >= 15 is 0 Å². The van der Waals surface area contributed by atoms with Crippen molar-refractivity contribution in [1.29, 1.82) is 0 Å². The molecule has 1 N–H and O–H groups in total. The summed E-state index contributed by atoms with van der Waals surface area (Å²) in [6.45, 7) is 7.19. The summed E-state index contributed by atoms with van der Waals surface area (Å²) in [5, 5.41) is 4.20. The topological polar surface area (TPSA) is 24.9 Å². The smallest absolute Gasteiger partial charge is 0.133 e. The first-order valence-electron chi connectivity index (χ1n) is 7.08. The fourth-order valence-electron chi connectivity index (χ4n) is 2.00. The van der Waals surface area contributed by atoms with Crippen molar-refractivity contribution in [3.05, 3.63) is 40.7 Å². The minimum Gasteiger partial charge on any atom is -0.310 e. The maximum atomic E-state index is 13.9. The van der Waals surface area contributed by atoms with Crippen molar-refractivity contribution in [2.75, 3.05) is 0 Å². The largest absolute Gasteiger partial charge is 0.310 e. The molecule has 2 aromatic rings. The summed E-state index contributed by atoms with van der Waals surface area (Å²) >= 11 is 1.60. The van der Waals surface area contributed by atoms with Crippen LogP contribution in [0.2, 0.25) is 0 Å². The Labute approximate surface area is 124 Å². The van der Waals surface area contributed by atoms with Gasteiger partial charge in [-0.3, -0.25) is 0 Å². The van der Waals surface area contributed by atoms with Gasteiger partial charge >= 0.3 is 0 Å². The Bertz CT molecular complexity index is 563. The van der Waals surface area contributed by atoms with Crippen molar-refractivity contribution in [2.24, 2.45) is 0 Å². The number of benzene rings is 1. The van der Waals surface area contributed by atoms with E-state index in [1.165, 1.54) is 10.9 Å². The van der Waals surface area contributed by atoms with E-state index in [1.54, 1.807) is 23.5 Å². The third-order valence-electron chi connectivity index (χ3n) is 3.04. The molecule has 108 valence electrons. The molecular weight excluding hydrogens is 271 g/mol. The fraction of sp³-hybridized carbons (Fsp3) is 0.438. The average Bonchev–Trinajstić information content (AvgIpc) is 2.80. The number of rotatable bonds is 6. The lowest BCUT2D eigenvalue weighted by molar-refractivity contribution is 0.589. The minimum atomic E-state index is -0.201. The lowest BCUT2D eigenvalue weighted by atomic mass is 10.2. The number of nitrogens with zero attached hydrogens (tertiary/aromatic N) is 1. The first-order valence-corrected chi connectivity index (χ1v) is 7.90. The van der Waals surface area contributed by atoms with Crippen molar-refractivity contribution in [3.63, 3.8) is 0 Å². The van der Waals surface area contributed by atoms with E-state index in [4.69, 9.17) is 0 Å². The van der Waals surface area contributed by atoms with Crippen LogP contribution in [0.1, 0.15) is 37.8 Å². The first kappa shape index (κ1) is 15.1. The number of thiazole rings is 1. The number of aromatic nitrogens is 1. The van der Waals surface area contributed by atoms with E-state index in [0.717, 1.165) is 30.1 Å². The molecule has 0 radical (unpaired) electrons. The Hall–Kier alpha value is -1.26. The number of hydrogen-bond donors (Lipinski definition) is 1. The maximum Gasteiger partial charge on any atom is 0.133 e. The van der Waals surface area contributed by atoms with Gasteiger partial charge in [0.15, 0.2) is 0 Å². The van der Waals surface area contributed by atoms with Gasteiger partial charge in [-0.15, -0.1) is 11.3 Å². The van der Waals surface area contributed by atoms with Gasteiger partial charge in [-0.25, -0.2) is 9.37 Å². The molecule has 4 heteroatoms.